The second kappa shape index (κ2) is 8.84. The van der Waals surface area contributed by atoms with Gasteiger partial charge in [0, 0.05) is 0 Å². The number of hydrogen-bond acceptors (Lipinski definition) is 1. The Morgan fingerprint density at radius 3 is 2.17 bits per heavy atom. The lowest BCUT2D eigenvalue weighted by Gasteiger charge is -1.60. The Hall–Kier alpha value is -0.190. The molecule has 0 unspecified atom stereocenters. The zero-order valence-corrected chi connectivity index (χ0v) is 4.51. The molecule has 6 heavy (non-hydrogen) atoms. The maximum atomic E-state index is 4.97. The van der Waals surface area contributed by atoms with Gasteiger partial charge in [-0.2, -0.15) is 0 Å². The van der Waals surface area contributed by atoms with Gasteiger partial charge in [0.1, 0.15) is 0 Å². The van der Waals surface area contributed by atoms with E-state index in [1.54, 1.807) is 6.92 Å². The summed E-state index contributed by atoms with van der Waals surface area (Å²) in [6.07, 6.45) is 0. The van der Waals surface area contributed by atoms with Crippen LogP contribution in [0, 0.1) is 11.8 Å². The molecule has 2 heteroatoms. The summed E-state index contributed by atoms with van der Waals surface area (Å²) in [5.74, 6) is 5.28. The maximum Gasteiger partial charge on any atom is 0.0551 e. The van der Waals surface area contributed by atoms with E-state index in [0.29, 0.717) is 6.54 Å². The van der Waals surface area contributed by atoms with Gasteiger partial charge in [0.15, 0.2) is 0 Å². The molecular formula is C4H8ClN. The van der Waals surface area contributed by atoms with Gasteiger partial charge < -0.3 is 5.73 Å². The van der Waals surface area contributed by atoms with E-state index in [0.717, 1.165) is 0 Å². The monoisotopic (exact) mass is 105 g/mol. The average molecular weight is 106 g/mol. The molecule has 2 N–H and O–H groups in total. The van der Waals surface area contributed by atoms with E-state index in [9.17, 15) is 0 Å². The molecule has 0 saturated heterocycles. The SMILES string of the molecule is CC#CCN.Cl. The van der Waals surface area contributed by atoms with Gasteiger partial charge in [-0.15, -0.1) is 18.3 Å². The molecule has 36 valence electrons. The van der Waals surface area contributed by atoms with E-state index in [1.165, 1.54) is 0 Å². The smallest absolute Gasteiger partial charge is 0.0551 e. The first-order valence-corrected chi connectivity index (χ1v) is 1.51. The van der Waals surface area contributed by atoms with Crippen molar-refractivity contribution in [3.05, 3.63) is 0 Å². The topological polar surface area (TPSA) is 26.0 Å². The van der Waals surface area contributed by atoms with E-state index in [1.807, 2.05) is 0 Å². The summed E-state index contributed by atoms with van der Waals surface area (Å²) in [5.41, 5.74) is 4.97. The van der Waals surface area contributed by atoms with Crippen molar-refractivity contribution in [3.63, 3.8) is 0 Å². The van der Waals surface area contributed by atoms with Crippen LogP contribution in [0.1, 0.15) is 6.92 Å². The van der Waals surface area contributed by atoms with Gasteiger partial charge in [-0.25, -0.2) is 0 Å². The highest BCUT2D eigenvalue weighted by Gasteiger charge is 1.47. The maximum absolute atomic E-state index is 4.97. The Morgan fingerprint density at radius 1 is 1.67 bits per heavy atom. The van der Waals surface area contributed by atoms with Crippen LogP contribution in [-0.4, -0.2) is 6.54 Å². The minimum Gasteiger partial charge on any atom is -0.320 e. The van der Waals surface area contributed by atoms with Crippen LogP contribution >= 0.6 is 12.4 Å². The fourth-order valence-electron chi connectivity index (χ4n) is 0.102. The normalized spacial score (nSPS) is 4.33. The average Bonchev–Trinajstić information content (AvgIpc) is 1.41. The van der Waals surface area contributed by atoms with Crippen LogP contribution in [0.2, 0.25) is 0 Å². The molecule has 0 fully saturated rings. The van der Waals surface area contributed by atoms with Crippen molar-refractivity contribution >= 4 is 12.4 Å². The lowest BCUT2D eigenvalue weighted by Crippen LogP contribution is -1.91. The fourth-order valence-corrected chi connectivity index (χ4v) is 0.102. The predicted molar refractivity (Wildman–Crippen MR) is 29.8 cm³/mol. The molecule has 0 aromatic rings. The number of halogens is 1. The molecule has 0 aromatic carbocycles. The largest absolute Gasteiger partial charge is 0.320 e. The Morgan fingerprint density at radius 2 is 2.17 bits per heavy atom. The lowest BCUT2D eigenvalue weighted by molar-refractivity contribution is 1.30. The zero-order valence-electron chi connectivity index (χ0n) is 3.69. The summed E-state index contributed by atoms with van der Waals surface area (Å²) >= 11 is 0. The first-order valence-electron chi connectivity index (χ1n) is 1.51. The molecule has 0 aliphatic heterocycles. The van der Waals surface area contributed by atoms with Gasteiger partial charge in [-0.05, 0) is 6.92 Å². The minimum atomic E-state index is 0. The van der Waals surface area contributed by atoms with Crippen molar-refractivity contribution in [3.8, 4) is 11.8 Å². The summed E-state index contributed by atoms with van der Waals surface area (Å²) in [4.78, 5) is 0. The third kappa shape index (κ3) is 9.18. The molecular weight excluding hydrogens is 97.5 g/mol. The Balaban J connectivity index is 0. The van der Waals surface area contributed by atoms with Crippen LogP contribution in [0.3, 0.4) is 0 Å². The summed E-state index contributed by atoms with van der Waals surface area (Å²) in [7, 11) is 0. The van der Waals surface area contributed by atoms with Crippen LogP contribution in [-0.2, 0) is 0 Å². The molecule has 0 atom stereocenters. The second-order valence-corrected chi connectivity index (χ2v) is 0.631. The van der Waals surface area contributed by atoms with Crippen molar-refractivity contribution in [2.45, 2.75) is 6.92 Å². The first-order chi connectivity index (χ1) is 2.41. The van der Waals surface area contributed by atoms with Gasteiger partial charge in [0.25, 0.3) is 0 Å². The molecule has 0 aliphatic carbocycles. The van der Waals surface area contributed by atoms with Crippen molar-refractivity contribution < 1.29 is 0 Å². The van der Waals surface area contributed by atoms with Crippen LogP contribution < -0.4 is 5.73 Å². The van der Waals surface area contributed by atoms with Crippen molar-refractivity contribution in [1.82, 2.24) is 0 Å². The van der Waals surface area contributed by atoms with Crippen LogP contribution in [0.25, 0.3) is 0 Å². The standard InChI is InChI=1S/C4H7N.ClH/c1-2-3-4-5;/h4-5H2,1H3;1H. The minimum absolute atomic E-state index is 0. The van der Waals surface area contributed by atoms with Crippen LogP contribution in [0.5, 0.6) is 0 Å². The van der Waals surface area contributed by atoms with E-state index in [4.69, 9.17) is 5.73 Å². The molecule has 0 rings (SSSR count). The van der Waals surface area contributed by atoms with E-state index >= 15 is 0 Å². The highest BCUT2D eigenvalue weighted by Crippen LogP contribution is 1.40. The summed E-state index contributed by atoms with van der Waals surface area (Å²) in [6.45, 7) is 2.25. The Kier molecular flexibility index (Phi) is 13.6. The molecule has 0 bridgehead atoms. The van der Waals surface area contributed by atoms with Gasteiger partial charge in [0.05, 0.1) is 6.54 Å². The quantitative estimate of drug-likeness (QED) is 0.443. The zero-order chi connectivity index (χ0) is 4.12. The molecule has 0 spiro atoms. The first kappa shape index (κ1) is 9.26. The molecule has 0 radical (unpaired) electrons. The highest BCUT2D eigenvalue weighted by molar-refractivity contribution is 5.85. The Bertz CT molecular complexity index is 59.7. The van der Waals surface area contributed by atoms with Gasteiger partial charge in [0.2, 0.25) is 0 Å². The molecule has 0 aliphatic rings. The Labute approximate surface area is 44.3 Å². The predicted octanol–water partition coefficient (Wildman–Crippen LogP) is 0.390. The van der Waals surface area contributed by atoms with E-state index in [2.05, 4.69) is 11.8 Å². The molecule has 0 saturated carbocycles. The fraction of sp³-hybridized carbons (Fsp3) is 0.500. The second-order valence-electron chi connectivity index (χ2n) is 0.631. The number of nitrogens with two attached hydrogens (primary N) is 1. The third-order valence-corrected chi connectivity index (χ3v) is 0.279. The van der Waals surface area contributed by atoms with Crippen LogP contribution in [0.4, 0.5) is 0 Å². The van der Waals surface area contributed by atoms with Crippen molar-refractivity contribution in [2.24, 2.45) is 5.73 Å². The molecule has 0 heterocycles. The molecule has 1 nitrogen and oxygen atoms in total. The van der Waals surface area contributed by atoms with Gasteiger partial charge in [-0.1, -0.05) is 5.92 Å². The third-order valence-electron chi connectivity index (χ3n) is 0.279. The molecule has 0 aromatic heterocycles. The lowest BCUT2D eigenvalue weighted by atomic mass is 10.6. The van der Waals surface area contributed by atoms with Crippen LogP contribution in [0.15, 0.2) is 0 Å². The number of hydrogen-bond donors (Lipinski definition) is 1. The van der Waals surface area contributed by atoms with Crippen molar-refractivity contribution in [2.75, 3.05) is 6.54 Å². The molecule has 0 amide bonds. The highest BCUT2D eigenvalue weighted by atomic mass is 35.5. The summed E-state index contributed by atoms with van der Waals surface area (Å²) < 4.78 is 0. The van der Waals surface area contributed by atoms with Crippen molar-refractivity contribution in [1.29, 1.82) is 0 Å². The van der Waals surface area contributed by atoms with E-state index in [-0.39, 0.29) is 12.4 Å². The van der Waals surface area contributed by atoms with Gasteiger partial charge in [-0.3, -0.25) is 0 Å². The van der Waals surface area contributed by atoms with Gasteiger partial charge >= 0.3 is 0 Å². The van der Waals surface area contributed by atoms with E-state index < -0.39 is 0 Å². The number of rotatable bonds is 0. The summed E-state index contributed by atoms with van der Waals surface area (Å²) in [6, 6.07) is 0. The summed E-state index contributed by atoms with van der Waals surface area (Å²) in [5, 5.41) is 0.